The van der Waals surface area contributed by atoms with Gasteiger partial charge in [-0.2, -0.15) is 9.57 Å². The van der Waals surface area contributed by atoms with Crippen molar-refractivity contribution in [3.05, 3.63) is 59.7 Å². The van der Waals surface area contributed by atoms with Crippen molar-refractivity contribution in [2.75, 3.05) is 20.2 Å². The van der Waals surface area contributed by atoms with Crippen LogP contribution in [-0.2, 0) is 16.4 Å². The maximum Gasteiger partial charge on any atom is 0.243 e. The molecule has 0 unspecified atom stereocenters. The molecule has 2 aromatic rings. The van der Waals surface area contributed by atoms with Gasteiger partial charge in [-0.3, -0.25) is 0 Å². The van der Waals surface area contributed by atoms with E-state index in [9.17, 15) is 8.42 Å². The molecule has 5 nitrogen and oxygen atoms in total. The van der Waals surface area contributed by atoms with Crippen LogP contribution in [0.3, 0.4) is 0 Å². The molecule has 0 saturated carbocycles. The molecule has 0 bridgehead atoms. The summed E-state index contributed by atoms with van der Waals surface area (Å²) in [7, 11) is -1.83. The number of benzene rings is 2. The molecule has 6 heteroatoms. The molecule has 1 fully saturated rings. The number of nitriles is 1. The molecule has 0 atom stereocenters. The monoisotopic (exact) mass is 370 g/mol. The van der Waals surface area contributed by atoms with Gasteiger partial charge in [-0.05, 0) is 67.1 Å². The first-order valence-corrected chi connectivity index (χ1v) is 10.1. The van der Waals surface area contributed by atoms with Crippen LogP contribution in [0.15, 0.2) is 53.4 Å². The van der Waals surface area contributed by atoms with E-state index < -0.39 is 10.0 Å². The van der Waals surface area contributed by atoms with E-state index in [0.717, 1.165) is 25.0 Å². The van der Waals surface area contributed by atoms with Crippen LogP contribution in [0.25, 0.3) is 0 Å². The Bertz CT molecular complexity index is 876. The van der Waals surface area contributed by atoms with Gasteiger partial charge in [-0.15, -0.1) is 0 Å². The summed E-state index contributed by atoms with van der Waals surface area (Å²) in [5, 5.41) is 8.84. The molecule has 26 heavy (non-hydrogen) atoms. The smallest absolute Gasteiger partial charge is 0.243 e. The van der Waals surface area contributed by atoms with E-state index in [1.165, 1.54) is 17.7 Å². The minimum Gasteiger partial charge on any atom is -0.497 e. The Labute approximate surface area is 154 Å². The van der Waals surface area contributed by atoms with Gasteiger partial charge < -0.3 is 4.74 Å². The minimum absolute atomic E-state index is 0.255. The first kappa shape index (κ1) is 18.4. The summed E-state index contributed by atoms with van der Waals surface area (Å²) in [5.41, 5.74) is 1.71. The van der Waals surface area contributed by atoms with Crippen LogP contribution in [0.5, 0.6) is 5.75 Å². The molecule has 136 valence electrons. The van der Waals surface area contributed by atoms with Crippen molar-refractivity contribution in [3.63, 3.8) is 0 Å². The first-order chi connectivity index (χ1) is 12.5. The molecule has 1 aliphatic rings. The summed E-state index contributed by atoms with van der Waals surface area (Å²) >= 11 is 0. The van der Waals surface area contributed by atoms with Gasteiger partial charge >= 0.3 is 0 Å². The number of methoxy groups -OCH3 is 1. The molecular formula is C20H22N2O3S. The fourth-order valence-corrected chi connectivity index (χ4v) is 4.77. The lowest BCUT2D eigenvalue weighted by atomic mass is 9.91. The second-order valence-corrected chi connectivity index (χ2v) is 8.47. The van der Waals surface area contributed by atoms with Crippen LogP contribution in [0, 0.1) is 17.2 Å². The van der Waals surface area contributed by atoms with Crippen molar-refractivity contribution in [3.8, 4) is 11.8 Å². The van der Waals surface area contributed by atoms with E-state index in [4.69, 9.17) is 10.00 Å². The molecule has 3 rings (SSSR count). The molecule has 1 aliphatic heterocycles. The zero-order valence-corrected chi connectivity index (χ0v) is 15.6. The molecule has 0 N–H and O–H groups in total. The molecule has 0 spiro atoms. The van der Waals surface area contributed by atoms with Crippen molar-refractivity contribution in [1.82, 2.24) is 4.31 Å². The summed E-state index contributed by atoms with van der Waals surface area (Å²) < 4.78 is 32.2. The van der Waals surface area contributed by atoms with E-state index in [-0.39, 0.29) is 4.90 Å². The topological polar surface area (TPSA) is 70.4 Å². The highest BCUT2D eigenvalue weighted by Crippen LogP contribution is 2.26. The van der Waals surface area contributed by atoms with Crippen LogP contribution >= 0.6 is 0 Å². The number of sulfonamides is 1. The highest BCUT2D eigenvalue weighted by Gasteiger charge is 2.29. The maximum absolute atomic E-state index is 12.8. The van der Waals surface area contributed by atoms with Gasteiger partial charge in [0.2, 0.25) is 10.0 Å². The summed E-state index contributed by atoms with van der Waals surface area (Å²) in [5.74, 6) is 1.33. The molecule has 1 heterocycles. The molecule has 1 saturated heterocycles. The third-order valence-corrected chi connectivity index (χ3v) is 6.79. The van der Waals surface area contributed by atoms with Crippen LogP contribution in [-0.4, -0.2) is 32.9 Å². The summed E-state index contributed by atoms with van der Waals surface area (Å²) in [6.07, 6.45) is 2.65. The molecule has 2 aromatic carbocycles. The Balaban J connectivity index is 1.60. The number of hydrogen-bond acceptors (Lipinski definition) is 4. The van der Waals surface area contributed by atoms with Gasteiger partial charge in [0.25, 0.3) is 0 Å². The Morgan fingerprint density at radius 2 is 1.69 bits per heavy atom. The number of nitrogens with zero attached hydrogens (tertiary/aromatic N) is 2. The average molecular weight is 370 g/mol. The Morgan fingerprint density at radius 3 is 2.23 bits per heavy atom. The van der Waals surface area contributed by atoms with E-state index in [1.807, 2.05) is 18.2 Å². The Morgan fingerprint density at radius 1 is 1.08 bits per heavy atom. The number of hydrogen-bond donors (Lipinski definition) is 0. The standard InChI is InChI=1S/C20H22N2O3S/c1-25-19-6-2-16(3-7-19)14-17-10-12-22(13-11-17)26(23,24)20-8-4-18(15-21)5-9-20/h2-9,17H,10-14H2,1H3. The molecule has 0 amide bonds. The average Bonchev–Trinajstić information content (AvgIpc) is 2.69. The van der Waals surface area contributed by atoms with Gasteiger partial charge in [0.1, 0.15) is 5.75 Å². The fourth-order valence-electron chi connectivity index (χ4n) is 3.30. The van der Waals surface area contributed by atoms with Crippen LogP contribution < -0.4 is 4.74 Å². The number of piperidine rings is 1. The van der Waals surface area contributed by atoms with Crippen LogP contribution in [0.4, 0.5) is 0 Å². The van der Waals surface area contributed by atoms with Crippen molar-refractivity contribution >= 4 is 10.0 Å². The lowest BCUT2D eigenvalue weighted by Crippen LogP contribution is -2.38. The Hall–Kier alpha value is -2.36. The van der Waals surface area contributed by atoms with Crippen molar-refractivity contribution in [1.29, 1.82) is 5.26 Å². The lowest BCUT2D eigenvalue weighted by molar-refractivity contribution is 0.273. The van der Waals surface area contributed by atoms with E-state index >= 15 is 0 Å². The predicted molar refractivity (Wildman–Crippen MR) is 99.3 cm³/mol. The first-order valence-electron chi connectivity index (χ1n) is 8.66. The molecule has 0 aliphatic carbocycles. The third-order valence-electron chi connectivity index (χ3n) is 4.88. The highest BCUT2D eigenvalue weighted by molar-refractivity contribution is 7.89. The normalized spacial score (nSPS) is 16.2. The maximum atomic E-state index is 12.8. The fraction of sp³-hybridized carbons (Fsp3) is 0.350. The highest BCUT2D eigenvalue weighted by atomic mass is 32.2. The SMILES string of the molecule is COc1ccc(CC2CCN(S(=O)(=O)c3ccc(C#N)cc3)CC2)cc1. The predicted octanol–water partition coefficient (Wildman–Crippen LogP) is 3.21. The van der Waals surface area contributed by atoms with E-state index in [0.29, 0.717) is 24.6 Å². The third kappa shape index (κ3) is 4.06. The van der Waals surface area contributed by atoms with Gasteiger partial charge in [-0.25, -0.2) is 8.42 Å². The lowest BCUT2D eigenvalue weighted by Gasteiger charge is -2.31. The second kappa shape index (κ2) is 7.90. The summed E-state index contributed by atoms with van der Waals surface area (Å²) in [4.78, 5) is 0.255. The van der Waals surface area contributed by atoms with Crippen molar-refractivity contribution in [2.45, 2.75) is 24.2 Å². The molecular weight excluding hydrogens is 348 g/mol. The van der Waals surface area contributed by atoms with Crippen molar-refractivity contribution in [2.24, 2.45) is 5.92 Å². The zero-order chi connectivity index (χ0) is 18.6. The van der Waals surface area contributed by atoms with E-state index in [1.54, 1.807) is 23.5 Å². The Kier molecular flexibility index (Phi) is 5.60. The van der Waals surface area contributed by atoms with Crippen LogP contribution in [0.1, 0.15) is 24.0 Å². The van der Waals surface area contributed by atoms with E-state index in [2.05, 4.69) is 12.1 Å². The van der Waals surface area contributed by atoms with Gasteiger partial charge in [0, 0.05) is 13.1 Å². The molecule has 0 radical (unpaired) electrons. The number of rotatable bonds is 5. The zero-order valence-electron chi connectivity index (χ0n) is 14.8. The second-order valence-electron chi connectivity index (χ2n) is 6.54. The van der Waals surface area contributed by atoms with Gasteiger partial charge in [0.05, 0.1) is 23.6 Å². The van der Waals surface area contributed by atoms with Gasteiger partial charge in [-0.1, -0.05) is 12.1 Å². The van der Waals surface area contributed by atoms with Crippen LogP contribution in [0.2, 0.25) is 0 Å². The summed E-state index contributed by atoms with van der Waals surface area (Å²) in [6.45, 7) is 1.06. The summed E-state index contributed by atoms with van der Waals surface area (Å²) in [6, 6.07) is 16.2. The molecule has 0 aromatic heterocycles. The van der Waals surface area contributed by atoms with Gasteiger partial charge in [0.15, 0.2) is 0 Å². The van der Waals surface area contributed by atoms with Crippen molar-refractivity contribution < 1.29 is 13.2 Å². The number of ether oxygens (including phenoxy) is 1. The quantitative estimate of drug-likeness (QED) is 0.810. The minimum atomic E-state index is -3.48. The largest absolute Gasteiger partial charge is 0.497 e.